The maximum atomic E-state index is 5.17. The van der Waals surface area contributed by atoms with Gasteiger partial charge in [0, 0.05) is 13.1 Å². The molecule has 146 valence electrons. The zero-order valence-electron chi connectivity index (χ0n) is 16.2. The summed E-state index contributed by atoms with van der Waals surface area (Å²) in [6.45, 7) is 1.49. The topological polar surface area (TPSA) is 81.2 Å². The summed E-state index contributed by atoms with van der Waals surface area (Å²) in [5.74, 6) is 2.94. The molecule has 1 aromatic heterocycles. The summed E-state index contributed by atoms with van der Waals surface area (Å²) in [7, 11) is 3.33. The van der Waals surface area contributed by atoms with E-state index in [1.807, 2.05) is 24.3 Å². The van der Waals surface area contributed by atoms with Gasteiger partial charge in [-0.25, -0.2) is 0 Å². The third kappa shape index (κ3) is 5.84. The molecule has 0 aliphatic carbocycles. The molecule has 0 saturated heterocycles. The highest BCUT2D eigenvalue weighted by atomic mass is 16.5. The molecular formula is C21H25N5O2. The number of benzene rings is 2. The van der Waals surface area contributed by atoms with Crippen LogP contribution in [0.2, 0.25) is 0 Å². The van der Waals surface area contributed by atoms with Gasteiger partial charge in [-0.05, 0) is 48.2 Å². The Bertz CT molecular complexity index is 785. The van der Waals surface area contributed by atoms with Crippen molar-refractivity contribution in [3.8, 4) is 11.5 Å². The molecule has 0 radical (unpaired) electrons. The first kappa shape index (κ1) is 19.4. The first-order valence-corrected chi connectivity index (χ1v) is 9.20. The molecule has 3 aromatic rings. The first-order chi connectivity index (χ1) is 13.8. The van der Waals surface area contributed by atoms with Gasteiger partial charge in [-0.1, -0.05) is 24.3 Å². The molecule has 7 heteroatoms. The number of aromatic nitrogens is 3. The molecule has 2 aromatic carbocycles. The highest BCUT2D eigenvalue weighted by Crippen LogP contribution is 2.13. The summed E-state index contributed by atoms with van der Waals surface area (Å²) >= 11 is 0. The van der Waals surface area contributed by atoms with Crippen LogP contribution in [0.3, 0.4) is 0 Å². The van der Waals surface area contributed by atoms with E-state index in [0.29, 0.717) is 11.8 Å². The van der Waals surface area contributed by atoms with Crippen molar-refractivity contribution in [1.82, 2.24) is 15.2 Å². The van der Waals surface area contributed by atoms with E-state index < -0.39 is 0 Å². The molecule has 2 N–H and O–H groups in total. The second-order valence-corrected chi connectivity index (χ2v) is 6.21. The molecule has 0 saturated carbocycles. The number of nitrogens with one attached hydrogen (secondary N) is 2. The van der Waals surface area contributed by atoms with Gasteiger partial charge in [0.1, 0.15) is 11.5 Å². The molecule has 0 fully saturated rings. The maximum absolute atomic E-state index is 5.17. The van der Waals surface area contributed by atoms with Crippen LogP contribution in [-0.4, -0.2) is 42.5 Å². The minimum Gasteiger partial charge on any atom is -0.497 e. The quantitative estimate of drug-likeness (QED) is 0.560. The zero-order valence-corrected chi connectivity index (χ0v) is 16.2. The molecule has 0 spiro atoms. The molecule has 0 bridgehead atoms. The van der Waals surface area contributed by atoms with Crippen molar-refractivity contribution in [2.45, 2.75) is 12.8 Å². The summed E-state index contributed by atoms with van der Waals surface area (Å²) < 4.78 is 10.3. The second kappa shape index (κ2) is 10.1. The number of hydrogen-bond donors (Lipinski definition) is 2. The smallest absolute Gasteiger partial charge is 0.244 e. The predicted octanol–water partition coefficient (Wildman–Crippen LogP) is 3.20. The van der Waals surface area contributed by atoms with Gasteiger partial charge in [0.05, 0.1) is 20.4 Å². The van der Waals surface area contributed by atoms with Gasteiger partial charge < -0.3 is 20.1 Å². The lowest BCUT2D eigenvalue weighted by Gasteiger charge is -2.08. The number of anilines is 2. The molecule has 28 heavy (non-hydrogen) atoms. The van der Waals surface area contributed by atoms with Crippen LogP contribution in [0.4, 0.5) is 11.8 Å². The Morgan fingerprint density at radius 1 is 0.750 bits per heavy atom. The molecule has 0 atom stereocenters. The molecule has 0 aliphatic heterocycles. The lowest BCUT2D eigenvalue weighted by molar-refractivity contribution is 0.414. The Kier molecular flexibility index (Phi) is 7.01. The van der Waals surface area contributed by atoms with Gasteiger partial charge in [0.25, 0.3) is 0 Å². The van der Waals surface area contributed by atoms with Gasteiger partial charge in [-0.2, -0.15) is 10.1 Å². The van der Waals surface area contributed by atoms with Crippen LogP contribution in [0.15, 0.2) is 54.7 Å². The van der Waals surface area contributed by atoms with Gasteiger partial charge >= 0.3 is 0 Å². The van der Waals surface area contributed by atoms with Crippen molar-refractivity contribution in [2.75, 3.05) is 37.9 Å². The molecule has 3 rings (SSSR count). The highest BCUT2D eigenvalue weighted by Gasteiger charge is 2.02. The number of nitrogens with zero attached hydrogens (tertiary/aromatic N) is 3. The van der Waals surface area contributed by atoms with Crippen LogP contribution >= 0.6 is 0 Å². The Morgan fingerprint density at radius 2 is 1.29 bits per heavy atom. The summed E-state index contributed by atoms with van der Waals surface area (Å²) in [5, 5.41) is 14.5. The van der Waals surface area contributed by atoms with Crippen molar-refractivity contribution in [3.05, 3.63) is 65.9 Å². The minimum absolute atomic E-state index is 0.517. The van der Waals surface area contributed by atoms with Crippen LogP contribution in [0.5, 0.6) is 11.5 Å². The monoisotopic (exact) mass is 379 g/mol. The highest BCUT2D eigenvalue weighted by molar-refractivity contribution is 5.37. The van der Waals surface area contributed by atoms with E-state index in [0.717, 1.165) is 37.4 Å². The lowest BCUT2D eigenvalue weighted by Crippen LogP contribution is -2.12. The maximum Gasteiger partial charge on any atom is 0.244 e. The molecular weight excluding hydrogens is 354 g/mol. The van der Waals surface area contributed by atoms with Crippen molar-refractivity contribution in [2.24, 2.45) is 0 Å². The van der Waals surface area contributed by atoms with Crippen LogP contribution < -0.4 is 20.1 Å². The van der Waals surface area contributed by atoms with E-state index in [-0.39, 0.29) is 0 Å². The summed E-state index contributed by atoms with van der Waals surface area (Å²) in [6.07, 6.45) is 3.37. The van der Waals surface area contributed by atoms with Crippen molar-refractivity contribution in [1.29, 1.82) is 0 Å². The number of ether oxygens (including phenoxy) is 2. The van der Waals surface area contributed by atoms with Gasteiger partial charge in [0.2, 0.25) is 5.95 Å². The van der Waals surface area contributed by atoms with E-state index in [9.17, 15) is 0 Å². The van der Waals surface area contributed by atoms with Gasteiger partial charge in [-0.3, -0.25) is 0 Å². The van der Waals surface area contributed by atoms with E-state index >= 15 is 0 Å². The van der Waals surface area contributed by atoms with Crippen molar-refractivity contribution < 1.29 is 9.47 Å². The molecule has 0 aliphatic rings. The Hall–Kier alpha value is -3.35. The fourth-order valence-electron chi connectivity index (χ4n) is 2.70. The van der Waals surface area contributed by atoms with Crippen LogP contribution in [-0.2, 0) is 12.8 Å². The Labute approximate surface area is 165 Å². The largest absolute Gasteiger partial charge is 0.497 e. The number of hydrogen-bond acceptors (Lipinski definition) is 7. The van der Waals surface area contributed by atoms with Gasteiger partial charge in [-0.15, -0.1) is 5.10 Å². The average Bonchev–Trinajstić information content (AvgIpc) is 2.75. The van der Waals surface area contributed by atoms with E-state index in [1.54, 1.807) is 20.4 Å². The van der Waals surface area contributed by atoms with E-state index in [2.05, 4.69) is 50.1 Å². The van der Waals surface area contributed by atoms with Gasteiger partial charge in [0.15, 0.2) is 5.82 Å². The fourth-order valence-corrected chi connectivity index (χ4v) is 2.70. The number of rotatable bonds is 10. The van der Waals surface area contributed by atoms with Crippen LogP contribution in [0.25, 0.3) is 0 Å². The van der Waals surface area contributed by atoms with E-state index in [1.165, 1.54) is 11.1 Å². The molecule has 0 unspecified atom stereocenters. The average molecular weight is 379 g/mol. The van der Waals surface area contributed by atoms with Crippen LogP contribution in [0, 0.1) is 0 Å². The lowest BCUT2D eigenvalue weighted by atomic mass is 10.1. The predicted molar refractivity (Wildman–Crippen MR) is 110 cm³/mol. The fraction of sp³-hybridized carbons (Fsp3) is 0.286. The van der Waals surface area contributed by atoms with Crippen LogP contribution in [0.1, 0.15) is 11.1 Å². The summed E-state index contributed by atoms with van der Waals surface area (Å²) in [5.41, 5.74) is 2.45. The summed E-state index contributed by atoms with van der Waals surface area (Å²) in [6, 6.07) is 16.1. The zero-order chi connectivity index (χ0) is 19.6. The second-order valence-electron chi connectivity index (χ2n) is 6.21. The minimum atomic E-state index is 0.517. The molecule has 0 amide bonds. The third-order valence-corrected chi connectivity index (χ3v) is 4.29. The SMILES string of the molecule is COc1ccc(CCNc2cnnc(NCCc3ccc(OC)cc3)n2)cc1. The normalized spacial score (nSPS) is 10.4. The van der Waals surface area contributed by atoms with E-state index in [4.69, 9.17) is 9.47 Å². The summed E-state index contributed by atoms with van der Waals surface area (Å²) in [4.78, 5) is 4.45. The standard InChI is InChI=1S/C21H25N5O2/c1-27-18-7-3-16(4-8-18)11-13-22-20-15-24-26-21(25-20)23-14-12-17-5-9-19(28-2)10-6-17/h3-10,15H,11-14H2,1-2H3,(H2,22,23,25,26). The van der Waals surface area contributed by atoms with Crippen molar-refractivity contribution in [3.63, 3.8) is 0 Å². The Morgan fingerprint density at radius 3 is 1.82 bits per heavy atom. The number of methoxy groups -OCH3 is 2. The molecule has 1 heterocycles. The Balaban J connectivity index is 1.43. The molecule has 7 nitrogen and oxygen atoms in total. The first-order valence-electron chi connectivity index (χ1n) is 9.20. The van der Waals surface area contributed by atoms with Crippen molar-refractivity contribution >= 4 is 11.8 Å². The third-order valence-electron chi connectivity index (χ3n) is 4.29.